The summed E-state index contributed by atoms with van der Waals surface area (Å²) >= 11 is 1.36. The number of aromatic nitrogens is 5. The van der Waals surface area contributed by atoms with Gasteiger partial charge in [-0.2, -0.15) is 0 Å². The van der Waals surface area contributed by atoms with Crippen molar-refractivity contribution in [3.05, 3.63) is 46.9 Å². The van der Waals surface area contributed by atoms with Gasteiger partial charge in [0.05, 0.1) is 17.2 Å². The molecule has 0 aliphatic heterocycles. The maximum absolute atomic E-state index is 10.7. The number of hydrogen-bond acceptors (Lipinski definition) is 8. The van der Waals surface area contributed by atoms with Crippen molar-refractivity contribution >= 4 is 28.5 Å². The second-order valence-corrected chi connectivity index (χ2v) is 5.18. The van der Waals surface area contributed by atoms with Crippen molar-refractivity contribution < 1.29 is 9.34 Å². The molecule has 0 radical (unpaired) electrons. The van der Waals surface area contributed by atoms with E-state index in [9.17, 15) is 10.1 Å². The number of non-ortho nitro benzene ring substituents is 1. The quantitative estimate of drug-likeness (QED) is 0.294. The van der Waals surface area contributed by atoms with Crippen molar-refractivity contribution in [2.24, 2.45) is 0 Å². The van der Waals surface area contributed by atoms with E-state index in [-0.39, 0.29) is 5.69 Å². The zero-order valence-electron chi connectivity index (χ0n) is 11.2. The van der Waals surface area contributed by atoms with E-state index in [1.54, 1.807) is 10.8 Å². The van der Waals surface area contributed by atoms with Crippen LogP contribution in [0.3, 0.4) is 0 Å². The summed E-state index contributed by atoms with van der Waals surface area (Å²) in [4.78, 5) is 14.5. The van der Waals surface area contributed by atoms with Crippen LogP contribution >= 0.6 is 11.8 Å². The summed E-state index contributed by atoms with van der Waals surface area (Å²) in [6.45, 7) is 4.14. The molecule has 0 atom stereocenters. The maximum Gasteiger partial charge on any atom is 0.271 e. The number of hydrogen-bond donors (Lipinski definition) is 0. The number of tetrazole rings is 1. The number of fused-ring (bicyclic) bond motifs is 1. The van der Waals surface area contributed by atoms with Gasteiger partial charge < -0.3 is 4.42 Å². The highest BCUT2D eigenvalue weighted by Gasteiger charge is 2.13. The van der Waals surface area contributed by atoms with Gasteiger partial charge in [0.2, 0.25) is 11.0 Å². The molecule has 0 saturated heterocycles. The monoisotopic (exact) mass is 318 g/mol. The Morgan fingerprint density at radius 1 is 1.50 bits per heavy atom. The number of thioether (sulfide) groups is 1. The molecule has 0 amide bonds. The first-order chi connectivity index (χ1) is 10.7. The standard InChI is InChI=1S/C12H10N6O3S/c1-2-5-17-12(14-15-16-17)22-7-11-13-9-6-8(18(19)20)3-4-10(9)21-11/h2-4,6H,1,5,7H2. The lowest BCUT2D eigenvalue weighted by Crippen LogP contribution is -1.99. The van der Waals surface area contributed by atoms with Crippen molar-refractivity contribution in [3.63, 3.8) is 0 Å². The fraction of sp³-hybridized carbons (Fsp3) is 0.167. The Morgan fingerprint density at radius 3 is 3.14 bits per heavy atom. The Balaban J connectivity index is 1.77. The molecule has 2 heterocycles. The number of oxazole rings is 1. The predicted octanol–water partition coefficient (Wildman–Crippen LogP) is 2.20. The minimum absolute atomic E-state index is 0.0186. The Labute approximate surface area is 128 Å². The van der Waals surface area contributed by atoms with Gasteiger partial charge in [-0.1, -0.05) is 17.8 Å². The van der Waals surface area contributed by atoms with Crippen molar-refractivity contribution in [1.82, 2.24) is 25.2 Å². The van der Waals surface area contributed by atoms with Crippen LogP contribution in [0.4, 0.5) is 5.69 Å². The van der Waals surface area contributed by atoms with Crippen LogP contribution in [0.25, 0.3) is 11.1 Å². The van der Waals surface area contributed by atoms with Crippen molar-refractivity contribution in [2.75, 3.05) is 0 Å². The van der Waals surface area contributed by atoms with Crippen LogP contribution in [-0.2, 0) is 12.3 Å². The van der Waals surface area contributed by atoms with E-state index in [1.807, 2.05) is 0 Å². The summed E-state index contributed by atoms with van der Waals surface area (Å²) < 4.78 is 7.15. The van der Waals surface area contributed by atoms with E-state index < -0.39 is 4.92 Å². The summed E-state index contributed by atoms with van der Waals surface area (Å²) in [6, 6.07) is 4.31. The van der Waals surface area contributed by atoms with Crippen LogP contribution in [-0.4, -0.2) is 30.1 Å². The molecule has 112 valence electrons. The molecule has 0 unspecified atom stereocenters. The van der Waals surface area contributed by atoms with Gasteiger partial charge in [0.15, 0.2) is 5.58 Å². The first kappa shape index (κ1) is 14.2. The Hall–Kier alpha value is -2.75. The number of nitro benzene ring substituents is 1. The molecule has 0 aliphatic rings. The molecule has 10 heteroatoms. The molecule has 22 heavy (non-hydrogen) atoms. The molecule has 0 spiro atoms. The largest absolute Gasteiger partial charge is 0.440 e. The fourth-order valence-corrected chi connectivity index (χ4v) is 2.53. The third-order valence-corrected chi connectivity index (χ3v) is 3.69. The molecule has 3 rings (SSSR count). The molecule has 0 fully saturated rings. The molecule has 0 aliphatic carbocycles. The lowest BCUT2D eigenvalue weighted by molar-refractivity contribution is -0.384. The van der Waals surface area contributed by atoms with E-state index in [1.165, 1.54) is 30.0 Å². The molecule has 0 saturated carbocycles. The molecule has 0 bridgehead atoms. The van der Waals surface area contributed by atoms with E-state index in [4.69, 9.17) is 4.42 Å². The number of rotatable bonds is 6. The zero-order chi connectivity index (χ0) is 15.5. The summed E-state index contributed by atoms with van der Waals surface area (Å²) in [5.41, 5.74) is 0.942. The van der Waals surface area contributed by atoms with Gasteiger partial charge in [-0.05, 0) is 16.5 Å². The van der Waals surface area contributed by atoms with Crippen molar-refractivity contribution in [3.8, 4) is 0 Å². The Morgan fingerprint density at radius 2 is 2.36 bits per heavy atom. The molecule has 0 N–H and O–H groups in total. The third-order valence-electron chi connectivity index (χ3n) is 2.75. The topological polar surface area (TPSA) is 113 Å². The van der Waals surface area contributed by atoms with Crippen LogP contribution in [0.15, 0.2) is 40.4 Å². The summed E-state index contributed by atoms with van der Waals surface area (Å²) in [5, 5.41) is 22.7. The van der Waals surface area contributed by atoms with Crippen LogP contribution in [0.5, 0.6) is 0 Å². The second kappa shape index (κ2) is 5.93. The van der Waals surface area contributed by atoms with Gasteiger partial charge in [0.1, 0.15) is 5.52 Å². The van der Waals surface area contributed by atoms with Gasteiger partial charge in [0.25, 0.3) is 5.69 Å². The SMILES string of the molecule is C=CCn1nnnc1SCc1nc2cc([N+](=O)[O-])ccc2o1. The highest BCUT2D eigenvalue weighted by atomic mass is 32.2. The van der Waals surface area contributed by atoms with Gasteiger partial charge in [0, 0.05) is 12.1 Å². The van der Waals surface area contributed by atoms with Crippen LogP contribution in [0, 0.1) is 10.1 Å². The minimum Gasteiger partial charge on any atom is -0.440 e. The predicted molar refractivity (Wildman–Crippen MR) is 78.2 cm³/mol. The van der Waals surface area contributed by atoms with Gasteiger partial charge in [-0.3, -0.25) is 10.1 Å². The minimum atomic E-state index is -0.466. The summed E-state index contributed by atoms with van der Waals surface area (Å²) in [7, 11) is 0. The van der Waals surface area contributed by atoms with E-state index in [2.05, 4.69) is 27.1 Å². The van der Waals surface area contributed by atoms with Crippen LogP contribution in [0.2, 0.25) is 0 Å². The van der Waals surface area contributed by atoms with E-state index in [0.717, 1.165) is 0 Å². The molecular formula is C12H10N6O3S. The molecule has 2 aromatic heterocycles. The zero-order valence-corrected chi connectivity index (χ0v) is 12.1. The highest BCUT2D eigenvalue weighted by molar-refractivity contribution is 7.98. The average Bonchev–Trinajstić information content (AvgIpc) is 3.10. The Kier molecular flexibility index (Phi) is 3.83. The number of allylic oxidation sites excluding steroid dienone is 1. The molecule has 9 nitrogen and oxygen atoms in total. The first-order valence-corrected chi connectivity index (χ1v) is 7.19. The van der Waals surface area contributed by atoms with E-state index >= 15 is 0 Å². The average molecular weight is 318 g/mol. The fourth-order valence-electron chi connectivity index (χ4n) is 1.80. The van der Waals surface area contributed by atoms with Gasteiger partial charge in [-0.15, -0.1) is 11.7 Å². The van der Waals surface area contributed by atoms with Crippen LogP contribution in [0.1, 0.15) is 5.89 Å². The van der Waals surface area contributed by atoms with Crippen molar-refractivity contribution in [2.45, 2.75) is 17.5 Å². The summed E-state index contributed by atoms with van der Waals surface area (Å²) in [6.07, 6.45) is 1.69. The number of nitrogens with zero attached hydrogens (tertiary/aromatic N) is 6. The van der Waals surface area contributed by atoms with Crippen LogP contribution < -0.4 is 0 Å². The van der Waals surface area contributed by atoms with Gasteiger partial charge >= 0.3 is 0 Å². The van der Waals surface area contributed by atoms with E-state index in [0.29, 0.717) is 34.4 Å². The van der Waals surface area contributed by atoms with Gasteiger partial charge in [-0.25, -0.2) is 9.67 Å². The molecular weight excluding hydrogens is 308 g/mol. The molecule has 3 aromatic rings. The first-order valence-electron chi connectivity index (χ1n) is 6.21. The maximum atomic E-state index is 10.7. The highest BCUT2D eigenvalue weighted by Crippen LogP contribution is 2.25. The normalized spacial score (nSPS) is 10.9. The number of nitro groups is 1. The summed E-state index contributed by atoms with van der Waals surface area (Å²) in [5.74, 6) is 0.869. The van der Waals surface area contributed by atoms with Crippen molar-refractivity contribution in [1.29, 1.82) is 0 Å². The smallest absolute Gasteiger partial charge is 0.271 e. The second-order valence-electron chi connectivity index (χ2n) is 4.24. The Bertz CT molecular complexity index is 842. The third kappa shape index (κ3) is 2.81. The lowest BCUT2D eigenvalue weighted by Gasteiger charge is -1.98. The number of benzene rings is 1. The lowest BCUT2D eigenvalue weighted by atomic mass is 10.3. The molecule has 1 aromatic carbocycles.